The summed E-state index contributed by atoms with van der Waals surface area (Å²) < 4.78 is 41.3. The molecule has 2 rings (SSSR count). The Balaban J connectivity index is 2.44. The zero-order valence-electron chi connectivity index (χ0n) is 11.8. The van der Waals surface area contributed by atoms with Crippen molar-refractivity contribution in [3.8, 4) is 0 Å². The van der Waals surface area contributed by atoms with Gasteiger partial charge in [-0.1, -0.05) is 24.9 Å². The van der Waals surface area contributed by atoms with Crippen molar-refractivity contribution in [2.24, 2.45) is 0 Å². The Morgan fingerprint density at radius 1 is 1.38 bits per heavy atom. The Kier molecular flexibility index (Phi) is 5.52. The standard InChI is InChI=1S/C14H18Cl2FNO2S/c1-2-3-6-18(12-4-5-12)21(19,20)13-8-11(16)7-10(9-15)14(13)17/h7-8,12H,2-6,9H2,1H3. The van der Waals surface area contributed by atoms with E-state index in [1.807, 2.05) is 6.92 Å². The number of sulfonamides is 1. The summed E-state index contributed by atoms with van der Waals surface area (Å²) >= 11 is 11.6. The van der Waals surface area contributed by atoms with Crippen LogP contribution in [0.1, 0.15) is 38.2 Å². The summed E-state index contributed by atoms with van der Waals surface area (Å²) in [6, 6.07) is 2.51. The van der Waals surface area contributed by atoms with Gasteiger partial charge in [-0.15, -0.1) is 11.6 Å². The summed E-state index contributed by atoms with van der Waals surface area (Å²) in [4.78, 5) is -0.367. The number of benzene rings is 1. The van der Waals surface area contributed by atoms with Gasteiger partial charge >= 0.3 is 0 Å². The molecule has 0 N–H and O–H groups in total. The van der Waals surface area contributed by atoms with Gasteiger partial charge in [-0.25, -0.2) is 12.8 Å². The zero-order valence-corrected chi connectivity index (χ0v) is 14.1. The summed E-state index contributed by atoms with van der Waals surface area (Å²) in [5, 5.41) is 0.178. The van der Waals surface area contributed by atoms with Crippen molar-refractivity contribution in [1.29, 1.82) is 0 Å². The van der Waals surface area contributed by atoms with Crippen LogP contribution in [0.15, 0.2) is 17.0 Å². The third-order valence-electron chi connectivity index (χ3n) is 3.50. The van der Waals surface area contributed by atoms with E-state index < -0.39 is 15.8 Å². The van der Waals surface area contributed by atoms with Crippen LogP contribution in [0.5, 0.6) is 0 Å². The van der Waals surface area contributed by atoms with Crippen molar-refractivity contribution in [2.75, 3.05) is 6.54 Å². The van der Waals surface area contributed by atoms with Crippen LogP contribution in [0.25, 0.3) is 0 Å². The third kappa shape index (κ3) is 3.70. The quantitative estimate of drug-likeness (QED) is 0.689. The number of halogens is 3. The highest BCUT2D eigenvalue weighted by Gasteiger charge is 2.39. The molecule has 0 bridgehead atoms. The normalized spacial score (nSPS) is 15.7. The van der Waals surface area contributed by atoms with E-state index in [1.165, 1.54) is 16.4 Å². The summed E-state index contributed by atoms with van der Waals surface area (Å²) in [7, 11) is -3.88. The van der Waals surface area contributed by atoms with E-state index >= 15 is 0 Å². The lowest BCUT2D eigenvalue weighted by atomic mass is 10.2. The van der Waals surface area contributed by atoms with Crippen molar-refractivity contribution in [1.82, 2.24) is 4.31 Å². The first-order chi connectivity index (χ1) is 9.91. The fourth-order valence-corrected chi connectivity index (χ4v) is 4.56. The van der Waals surface area contributed by atoms with Crippen LogP contribution in [0, 0.1) is 5.82 Å². The molecule has 1 aromatic carbocycles. The van der Waals surface area contributed by atoms with Gasteiger partial charge in [-0.2, -0.15) is 4.31 Å². The van der Waals surface area contributed by atoms with E-state index in [0.717, 1.165) is 25.7 Å². The summed E-state index contributed by atoms with van der Waals surface area (Å²) in [5.41, 5.74) is 0.106. The molecule has 118 valence electrons. The molecular formula is C14H18Cl2FNO2S. The maximum Gasteiger partial charge on any atom is 0.246 e. The van der Waals surface area contributed by atoms with Gasteiger partial charge in [0.2, 0.25) is 10.0 Å². The highest BCUT2D eigenvalue weighted by Crippen LogP contribution is 2.34. The van der Waals surface area contributed by atoms with E-state index in [2.05, 4.69) is 0 Å². The Labute approximate surface area is 135 Å². The molecule has 1 aliphatic rings. The minimum absolute atomic E-state index is 0.0145. The Morgan fingerprint density at radius 2 is 2.05 bits per heavy atom. The highest BCUT2D eigenvalue weighted by molar-refractivity contribution is 7.89. The lowest BCUT2D eigenvalue weighted by molar-refractivity contribution is 0.392. The third-order valence-corrected chi connectivity index (χ3v) is 5.95. The zero-order chi connectivity index (χ0) is 15.6. The molecular weight excluding hydrogens is 336 g/mol. The van der Waals surface area contributed by atoms with Crippen molar-refractivity contribution >= 4 is 33.2 Å². The summed E-state index contributed by atoms with van der Waals surface area (Å²) in [6.45, 7) is 2.40. The number of alkyl halides is 1. The van der Waals surface area contributed by atoms with Crippen molar-refractivity contribution < 1.29 is 12.8 Å². The van der Waals surface area contributed by atoms with Crippen LogP contribution < -0.4 is 0 Å². The Hall–Kier alpha value is -0.360. The van der Waals surface area contributed by atoms with Gasteiger partial charge in [0.15, 0.2) is 0 Å². The molecule has 1 fully saturated rings. The van der Waals surface area contributed by atoms with Crippen LogP contribution in [0.2, 0.25) is 5.02 Å². The largest absolute Gasteiger partial charge is 0.246 e. The molecule has 0 spiro atoms. The van der Waals surface area contributed by atoms with Crippen molar-refractivity contribution in [3.63, 3.8) is 0 Å². The molecule has 0 heterocycles. The Morgan fingerprint density at radius 3 is 2.57 bits per heavy atom. The average Bonchev–Trinajstić information content (AvgIpc) is 3.25. The molecule has 0 radical (unpaired) electrons. The van der Waals surface area contributed by atoms with Gasteiger partial charge in [-0.05, 0) is 31.4 Å². The smallest absolute Gasteiger partial charge is 0.207 e. The number of rotatable bonds is 7. The molecule has 1 saturated carbocycles. The lowest BCUT2D eigenvalue weighted by Crippen LogP contribution is -2.34. The highest BCUT2D eigenvalue weighted by atomic mass is 35.5. The predicted octanol–water partition coefficient (Wildman–Crippen LogP) is 4.17. The second-order valence-electron chi connectivity index (χ2n) is 5.21. The topological polar surface area (TPSA) is 37.4 Å². The maximum atomic E-state index is 14.4. The predicted molar refractivity (Wildman–Crippen MR) is 82.8 cm³/mol. The molecule has 1 aromatic rings. The van der Waals surface area contributed by atoms with Crippen molar-refractivity contribution in [3.05, 3.63) is 28.5 Å². The van der Waals surface area contributed by atoms with Gasteiger partial charge < -0.3 is 0 Å². The monoisotopic (exact) mass is 353 g/mol. The SMILES string of the molecule is CCCCN(C1CC1)S(=O)(=O)c1cc(Cl)cc(CCl)c1F. The molecule has 21 heavy (non-hydrogen) atoms. The van der Waals surface area contributed by atoms with Gasteiger partial charge in [0.25, 0.3) is 0 Å². The Bertz CT molecular complexity index is 618. The van der Waals surface area contributed by atoms with Gasteiger partial charge in [0.1, 0.15) is 10.7 Å². The van der Waals surface area contributed by atoms with Crippen LogP contribution in [-0.4, -0.2) is 25.3 Å². The van der Waals surface area contributed by atoms with E-state index in [4.69, 9.17) is 23.2 Å². The summed E-state index contributed by atoms with van der Waals surface area (Å²) in [6.07, 6.45) is 3.28. The fourth-order valence-electron chi connectivity index (χ4n) is 2.21. The maximum absolute atomic E-state index is 14.4. The van der Waals surface area contributed by atoms with E-state index in [-0.39, 0.29) is 27.4 Å². The molecule has 1 aliphatic carbocycles. The number of unbranched alkanes of at least 4 members (excludes halogenated alkanes) is 1. The van der Waals surface area contributed by atoms with Crippen LogP contribution in [-0.2, 0) is 15.9 Å². The van der Waals surface area contributed by atoms with E-state index in [1.54, 1.807) is 0 Å². The average molecular weight is 354 g/mol. The molecule has 0 saturated heterocycles. The molecule has 7 heteroatoms. The molecule has 0 aliphatic heterocycles. The summed E-state index contributed by atoms with van der Waals surface area (Å²) in [5.74, 6) is -0.913. The molecule has 0 aromatic heterocycles. The first-order valence-corrected chi connectivity index (χ1v) is 9.32. The minimum atomic E-state index is -3.88. The van der Waals surface area contributed by atoms with Crippen LogP contribution >= 0.6 is 23.2 Å². The van der Waals surface area contributed by atoms with Gasteiger partial charge in [0, 0.05) is 23.2 Å². The van der Waals surface area contributed by atoms with Gasteiger partial charge in [0.05, 0.1) is 5.88 Å². The number of nitrogens with zero attached hydrogens (tertiary/aromatic N) is 1. The molecule has 0 amide bonds. The van der Waals surface area contributed by atoms with Crippen LogP contribution in [0.4, 0.5) is 4.39 Å². The second-order valence-corrected chi connectivity index (χ2v) is 7.77. The fraction of sp³-hybridized carbons (Fsp3) is 0.571. The molecule has 0 atom stereocenters. The number of hydrogen-bond donors (Lipinski definition) is 0. The van der Waals surface area contributed by atoms with Crippen molar-refractivity contribution in [2.45, 2.75) is 49.4 Å². The second kappa shape index (κ2) is 6.82. The molecule has 0 unspecified atom stereocenters. The van der Waals surface area contributed by atoms with E-state index in [0.29, 0.717) is 6.54 Å². The van der Waals surface area contributed by atoms with E-state index in [9.17, 15) is 12.8 Å². The first-order valence-electron chi connectivity index (χ1n) is 6.97. The lowest BCUT2D eigenvalue weighted by Gasteiger charge is -2.22. The first kappa shape index (κ1) is 17.0. The number of hydrogen-bond acceptors (Lipinski definition) is 2. The van der Waals surface area contributed by atoms with Crippen LogP contribution in [0.3, 0.4) is 0 Å². The minimum Gasteiger partial charge on any atom is -0.207 e. The van der Waals surface area contributed by atoms with Gasteiger partial charge in [-0.3, -0.25) is 0 Å². The molecule has 3 nitrogen and oxygen atoms in total.